The molecule has 2 saturated heterocycles. The Morgan fingerprint density at radius 3 is 2.42 bits per heavy atom. The van der Waals surface area contributed by atoms with E-state index in [9.17, 15) is 4.79 Å². The molecule has 0 unspecified atom stereocenters. The summed E-state index contributed by atoms with van der Waals surface area (Å²) in [6.07, 6.45) is 8.79. The van der Waals surface area contributed by atoms with Crippen molar-refractivity contribution in [1.82, 2.24) is 9.80 Å². The van der Waals surface area contributed by atoms with Crippen molar-refractivity contribution in [2.45, 2.75) is 57.0 Å². The van der Waals surface area contributed by atoms with Crippen molar-refractivity contribution in [3.63, 3.8) is 0 Å². The van der Waals surface area contributed by atoms with Gasteiger partial charge in [-0.25, -0.2) is 4.79 Å². The molecule has 0 N–H and O–H groups in total. The van der Waals surface area contributed by atoms with E-state index in [1.54, 1.807) is 0 Å². The third-order valence-electron chi connectivity index (χ3n) is 5.34. The van der Waals surface area contributed by atoms with Gasteiger partial charge in [-0.3, -0.25) is 0 Å². The molecule has 1 saturated carbocycles. The van der Waals surface area contributed by atoms with Crippen LogP contribution < -0.4 is 0 Å². The number of hydrogen-bond donors (Lipinski definition) is 0. The first kappa shape index (κ1) is 13.2. The number of piperidine rings is 1. The van der Waals surface area contributed by atoms with E-state index in [-0.39, 0.29) is 6.09 Å². The summed E-state index contributed by atoms with van der Waals surface area (Å²) in [5, 5.41) is 0. The van der Waals surface area contributed by atoms with Gasteiger partial charge < -0.3 is 14.5 Å². The Labute approximate surface area is 116 Å². The van der Waals surface area contributed by atoms with Gasteiger partial charge in [-0.2, -0.15) is 0 Å². The van der Waals surface area contributed by atoms with Gasteiger partial charge in [0, 0.05) is 18.6 Å². The van der Waals surface area contributed by atoms with Crippen LogP contribution in [-0.4, -0.2) is 54.7 Å². The van der Waals surface area contributed by atoms with Gasteiger partial charge in [0.15, 0.2) is 0 Å². The maximum absolute atomic E-state index is 11.9. The number of carbonyl (C=O) groups excluding carboxylic acids is 1. The number of carbonyl (C=O) groups is 1. The van der Waals surface area contributed by atoms with Crippen LogP contribution in [0.4, 0.5) is 4.79 Å². The summed E-state index contributed by atoms with van der Waals surface area (Å²) in [7, 11) is 1.51. The highest BCUT2D eigenvalue weighted by Crippen LogP contribution is 2.39. The highest BCUT2D eigenvalue weighted by molar-refractivity contribution is 5.68. The standard InChI is InChI=1S/C15H26N2O2/c1-19-15(18)17-11-5-6-12-13(7-4-8-14(12)17)16-9-2-3-10-16/h12-14H,2-11H2,1H3/t12-,13-,14-/m0/s1. The highest BCUT2D eigenvalue weighted by atomic mass is 16.5. The van der Waals surface area contributed by atoms with Gasteiger partial charge >= 0.3 is 6.09 Å². The average molecular weight is 266 g/mol. The summed E-state index contributed by atoms with van der Waals surface area (Å²) in [6, 6.07) is 1.15. The molecule has 3 aliphatic rings. The first-order valence-corrected chi connectivity index (χ1v) is 7.90. The molecule has 2 heterocycles. The zero-order valence-corrected chi connectivity index (χ0v) is 12.0. The van der Waals surface area contributed by atoms with E-state index in [1.807, 2.05) is 4.90 Å². The topological polar surface area (TPSA) is 32.8 Å². The number of fused-ring (bicyclic) bond motifs is 1. The number of methoxy groups -OCH3 is 1. The third-order valence-corrected chi connectivity index (χ3v) is 5.34. The van der Waals surface area contributed by atoms with E-state index in [0.717, 1.165) is 13.0 Å². The monoisotopic (exact) mass is 266 g/mol. The number of nitrogens with zero attached hydrogens (tertiary/aromatic N) is 2. The van der Waals surface area contributed by atoms with Crippen LogP contribution >= 0.6 is 0 Å². The smallest absolute Gasteiger partial charge is 0.409 e. The van der Waals surface area contributed by atoms with Crippen LogP contribution in [0.15, 0.2) is 0 Å². The number of likely N-dealkylation sites (tertiary alicyclic amines) is 2. The van der Waals surface area contributed by atoms with Crippen molar-refractivity contribution in [3.8, 4) is 0 Å². The van der Waals surface area contributed by atoms with Crippen LogP contribution in [0.2, 0.25) is 0 Å². The summed E-state index contributed by atoms with van der Waals surface area (Å²) in [6.45, 7) is 3.43. The van der Waals surface area contributed by atoms with E-state index in [1.165, 1.54) is 58.7 Å². The molecule has 19 heavy (non-hydrogen) atoms. The van der Waals surface area contributed by atoms with Crippen molar-refractivity contribution in [3.05, 3.63) is 0 Å². The number of amides is 1. The SMILES string of the molecule is COC(=O)N1CCC[C@H]2[C@@H](N3CCCC3)CCC[C@@H]21. The van der Waals surface area contributed by atoms with Gasteiger partial charge in [-0.1, -0.05) is 0 Å². The predicted molar refractivity (Wildman–Crippen MR) is 74.1 cm³/mol. The fourth-order valence-electron chi connectivity index (χ4n) is 4.53. The lowest BCUT2D eigenvalue weighted by Gasteiger charge is -2.49. The van der Waals surface area contributed by atoms with Crippen molar-refractivity contribution in [1.29, 1.82) is 0 Å². The molecule has 108 valence electrons. The quantitative estimate of drug-likeness (QED) is 0.731. The first-order chi connectivity index (χ1) is 9.31. The Bertz CT molecular complexity index is 328. The Hall–Kier alpha value is -0.770. The molecule has 0 aromatic rings. The fourth-order valence-corrected chi connectivity index (χ4v) is 4.53. The van der Waals surface area contributed by atoms with Crippen molar-refractivity contribution in [2.75, 3.05) is 26.7 Å². The van der Waals surface area contributed by atoms with Gasteiger partial charge in [0.1, 0.15) is 0 Å². The molecular formula is C15H26N2O2. The fraction of sp³-hybridized carbons (Fsp3) is 0.933. The Morgan fingerprint density at radius 2 is 1.68 bits per heavy atom. The minimum absolute atomic E-state index is 0.114. The summed E-state index contributed by atoms with van der Waals surface area (Å²) in [4.78, 5) is 16.6. The molecule has 4 heteroatoms. The lowest BCUT2D eigenvalue weighted by molar-refractivity contribution is 0.00465. The second-order valence-electron chi connectivity index (χ2n) is 6.28. The van der Waals surface area contributed by atoms with E-state index < -0.39 is 0 Å². The zero-order chi connectivity index (χ0) is 13.2. The molecule has 0 radical (unpaired) electrons. The molecule has 0 spiro atoms. The lowest BCUT2D eigenvalue weighted by atomic mass is 9.74. The molecule has 0 bridgehead atoms. The second-order valence-corrected chi connectivity index (χ2v) is 6.28. The molecule has 1 amide bonds. The molecule has 4 nitrogen and oxygen atoms in total. The minimum Gasteiger partial charge on any atom is -0.453 e. The van der Waals surface area contributed by atoms with Crippen molar-refractivity contribution in [2.24, 2.45) is 5.92 Å². The van der Waals surface area contributed by atoms with Gasteiger partial charge in [-0.15, -0.1) is 0 Å². The third kappa shape index (κ3) is 2.47. The Kier molecular flexibility index (Phi) is 3.96. The maximum atomic E-state index is 11.9. The van der Waals surface area contributed by atoms with E-state index in [2.05, 4.69) is 4.90 Å². The normalized spacial score (nSPS) is 36.1. The predicted octanol–water partition coefficient (Wildman–Crippen LogP) is 2.48. The van der Waals surface area contributed by atoms with Crippen LogP contribution in [0.5, 0.6) is 0 Å². The number of hydrogen-bond acceptors (Lipinski definition) is 3. The Morgan fingerprint density at radius 1 is 0.947 bits per heavy atom. The molecular weight excluding hydrogens is 240 g/mol. The molecule has 0 aromatic heterocycles. The van der Waals surface area contributed by atoms with Crippen molar-refractivity contribution < 1.29 is 9.53 Å². The Balaban J connectivity index is 1.74. The van der Waals surface area contributed by atoms with Crippen LogP contribution in [-0.2, 0) is 4.74 Å². The summed E-state index contributed by atoms with van der Waals surface area (Å²) in [5.74, 6) is 0.680. The lowest BCUT2D eigenvalue weighted by Crippen LogP contribution is -2.56. The average Bonchev–Trinajstić information content (AvgIpc) is 2.99. The van der Waals surface area contributed by atoms with Gasteiger partial charge in [0.05, 0.1) is 7.11 Å². The molecule has 2 aliphatic heterocycles. The molecule has 0 aromatic carbocycles. The van der Waals surface area contributed by atoms with E-state index in [4.69, 9.17) is 4.74 Å². The summed E-state index contributed by atoms with van der Waals surface area (Å²) >= 11 is 0. The number of rotatable bonds is 1. The van der Waals surface area contributed by atoms with Gasteiger partial charge in [0.25, 0.3) is 0 Å². The van der Waals surface area contributed by atoms with Gasteiger partial charge in [0.2, 0.25) is 0 Å². The van der Waals surface area contributed by atoms with Gasteiger partial charge in [-0.05, 0) is 64.0 Å². The van der Waals surface area contributed by atoms with E-state index >= 15 is 0 Å². The van der Waals surface area contributed by atoms with Crippen LogP contribution in [0.3, 0.4) is 0 Å². The van der Waals surface area contributed by atoms with Crippen LogP contribution in [0.25, 0.3) is 0 Å². The molecule has 3 fully saturated rings. The summed E-state index contributed by atoms with van der Waals surface area (Å²) in [5.41, 5.74) is 0. The first-order valence-electron chi connectivity index (χ1n) is 7.90. The zero-order valence-electron chi connectivity index (χ0n) is 12.0. The molecule has 3 rings (SSSR count). The largest absolute Gasteiger partial charge is 0.453 e. The maximum Gasteiger partial charge on any atom is 0.409 e. The second kappa shape index (κ2) is 5.70. The van der Waals surface area contributed by atoms with Crippen LogP contribution in [0, 0.1) is 5.92 Å². The molecule has 3 atom stereocenters. The highest BCUT2D eigenvalue weighted by Gasteiger charge is 2.43. The number of ether oxygens (including phenoxy) is 1. The van der Waals surface area contributed by atoms with Crippen LogP contribution in [0.1, 0.15) is 44.9 Å². The van der Waals surface area contributed by atoms with Crippen molar-refractivity contribution >= 4 is 6.09 Å². The molecule has 1 aliphatic carbocycles. The summed E-state index contributed by atoms with van der Waals surface area (Å²) < 4.78 is 4.97. The van der Waals surface area contributed by atoms with E-state index in [0.29, 0.717) is 18.0 Å². The minimum atomic E-state index is -0.114.